The predicted octanol–water partition coefficient (Wildman–Crippen LogP) is 0.484. The summed E-state index contributed by atoms with van der Waals surface area (Å²) < 4.78 is 37.1. The van der Waals surface area contributed by atoms with Crippen LogP contribution in [0, 0.1) is 0 Å². The Labute approximate surface area is 115 Å². The largest absolute Gasteiger partial charge is 0.431 e. The highest BCUT2D eigenvalue weighted by Gasteiger charge is 2.32. The van der Waals surface area contributed by atoms with Crippen LogP contribution in [0.3, 0.4) is 0 Å². The molecule has 2 rings (SSSR count). The fraction of sp³-hybridized carbons (Fsp3) is 0.273. The summed E-state index contributed by atoms with van der Waals surface area (Å²) in [4.78, 5) is 28.6. The summed E-state index contributed by atoms with van der Waals surface area (Å²) in [6.07, 6.45) is -3.01. The lowest BCUT2D eigenvalue weighted by Gasteiger charge is -2.07. The summed E-state index contributed by atoms with van der Waals surface area (Å²) in [7, 11) is 0. The molecule has 2 aromatic heterocycles. The van der Waals surface area contributed by atoms with Gasteiger partial charge in [0, 0.05) is 13.0 Å². The van der Waals surface area contributed by atoms with E-state index in [0.29, 0.717) is 18.3 Å². The molecule has 0 saturated heterocycles. The third kappa shape index (κ3) is 3.68. The van der Waals surface area contributed by atoms with Crippen LogP contribution in [0.25, 0.3) is 0 Å². The maximum absolute atomic E-state index is 12.4. The van der Waals surface area contributed by atoms with Gasteiger partial charge in [0.2, 0.25) is 0 Å². The van der Waals surface area contributed by atoms with Gasteiger partial charge in [0.1, 0.15) is 23.4 Å². The van der Waals surface area contributed by atoms with Crippen LogP contribution >= 0.6 is 0 Å². The minimum Gasteiger partial charge on any atom is -0.351 e. The molecule has 2 aromatic rings. The van der Waals surface area contributed by atoms with Crippen LogP contribution in [0.2, 0.25) is 0 Å². The summed E-state index contributed by atoms with van der Waals surface area (Å²) in [6.45, 7) is 0.161. The second-order valence-electron chi connectivity index (χ2n) is 4.05. The summed E-state index contributed by atoms with van der Waals surface area (Å²) >= 11 is 0. The van der Waals surface area contributed by atoms with Gasteiger partial charge in [0.05, 0.1) is 0 Å². The van der Waals surface area contributed by atoms with Gasteiger partial charge in [-0.15, -0.1) is 0 Å². The molecule has 3 N–H and O–H groups in total. The van der Waals surface area contributed by atoms with Crippen LogP contribution in [0.5, 0.6) is 0 Å². The van der Waals surface area contributed by atoms with Crippen LogP contribution in [0.15, 0.2) is 23.3 Å². The van der Waals surface area contributed by atoms with E-state index in [1.54, 1.807) is 4.98 Å². The number of H-pyrrole nitrogens is 2. The Morgan fingerprint density at radius 3 is 2.67 bits per heavy atom. The average Bonchev–Trinajstić information content (AvgIpc) is 2.90. The number of aromatic amines is 2. The van der Waals surface area contributed by atoms with Crippen molar-refractivity contribution < 1.29 is 18.0 Å². The van der Waals surface area contributed by atoms with Gasteiger partial charge >= 0.3 is 6.18 Å². The molecule has 0 aliphatic heterocycles. The van der Waals surface area contributed by atoms with Crippen molar-refractivity contribution in [3.05, 3.63) is 45.9 Å². The first-order chi connectivity index (χ1) is 9.88. The highest BCUT2D eigenvalue weighted by atomic mass is 19.4. The van der Waals surface area contributed by atoms with E-state index in [1.165, 1.54) is 6.33 Å². The second-order valence-corrected chi connectivity index (χ2v) is 4.05. The number of aromatic nitrogens is 4. The number of hydrogen-bond acceptors (Lipinski definition) is 4. The lowest BCUT2D eigenvalue weighted by Crippen LogP contribution is -2.32. The number of pyridine rings is 1. The fourth-order valence-corrected chi connectivity index (χ4v) is 1.56. The molecule has 7 nitrogen and oxygen atoms in total. The first kappa shape index (κ1) is 14.8. The zero-order chi connectivity index (χ0) is 15.5. The molecule has 0 spiro atoms. The Bertz CT molecular complexity index is 678. The van der Waals surface area contributed by atoms with E-state index in [4.69, 9.17) is 0 Å². The van der Waals surface area contributed by atoms with E-state index in [1.807, 2.05) is 0 Å². The van der Waals surface area contributed by atoms with Gasteiger partial charge in [0.15, 0.2) is 0 Å². The van der Waals surface area contributed by atoms with Crippen molar-refractivity contribution >= 4 is 5.91 Å². The number of halogens is 3. The third-order valence-electron chi connectivity index (χ3n) is 2.57. The van der Waals surface area contributed by atoms with Crippen LogP contribution < -0.4 is 10.9 Å². The Balaban J connectivity index is 2.01. The normalized spacial score (nSPS) is 11.4. The molecule has 10 heteroatoms. The van der Waals surface area contributed by atoms with Gasteiger partial charge in [0.25, 0.3) is 11.5 Å². The van der Waals surface area contributed by atoms with E-state index in [9.17, 15) is 22.8 Å². The highest BCUT2D eigenvalue weighted by molar-refractivity contribution is 5.93. The summed E-state index contributed by atoms with van der Waals surface area (Å²) in [6, 6.07) is 1.48. The molecule has 2 heterocycles. The van der Waals surface area contributed by atoms with Gasteiger partial charge in [-0.05, 0) is 12.1 Å². The van der Waals surface area contributed by atoms with Crippen molar-refractivity contribution in [3.8, 4) is 0 Å². The molecular weight excluding hydrogens is 291 g/mol. The zero-order valence-electron chi connectivity index (χ0n) is 10.5. The maximum atomic E-state index is 12.4. The number of nitrogens with one attached hydrogen (secondary N) is 3. The second kappa shape index (κ2) is 5.77. The summed E-state index contributed by atoms with van der Waals surface area (Å²) in [5, 5.41) is 8.60. The lowest BCUT2D eigenvalue weighted by molar-refractivity contribution is -0.141. The Morgan fingerprint density at radius 2 is 2.10 bits per heavy atom. The minimum atomic E-state index is -4.67. The monoisotopic (exact) mass is 301 g/mol. The van der Waals surface area contributed by atoms with Crippen LogP contribution in [-0.4, -0.2) is 32.6 Å². The lowest BCUT2D eigenvalue weighted by atomic mass is 10.2. The first-order valence-corrected chi connectivity index (χ1v) is 5.81. The van der Waals surface area contributed by atoms with Gasteiger partial charge < -0.3 is 10.3 Å². The first-order valence-electron chi connectivity index (χ1n) is 5.81. The van der Waals surface area contributed by atoms with Crippen molar-refractivity contribution in [1.82, 2.24) is 25.5 Å². The van der Waals surface area contributed by atoms with Crippen molar-refractivity contribution in [2.45, 2.75) is 12.6 Å². The van der Waals surface area contributed by atoms with Gasteiger partial charge in [-0.1, -0.05) is 0 Å². The molecule has 0 radical (unpaired) electrons. The SMILES string of the molecule is O=C(NCCc1ncn[nH]1)c1ccc(C(F)(F)F)[nH]c1=O. The molecule has 0 aromatic carbocycles. The zero-order valence-corrected chi connectivity index (χ0v) is 10.5. The Hall–Kier alpha value is -2.65. The fourth-order valence-electron chi connectivity index (χ4n) is 1.56. The Kier molecular flexibility index (Phi) is 4.05. The third-order valence-corrected chi connectivity index (χ3v) is 2.57. The minimum absolute atomic E-state index is 0.161. The van der Waals surface area contributed by atoms with Gasteiger partial charge in [-0.25, -0.2) is 4.98 Å². The number of rotatable bonds is 4. The smallest absolute Gasteiger partial charge is 0.351 e. The molecule has 0 saturated carbocycles. The number of carbonyl (C=O) groups excluding carboxylic acids is 1. The highest BCUT2D eigenvalue weighted by Crippen LogP contribution is 2.26. The number of hydrogen-bond donors (Lipinski definition) is 3. The molecule has 21 heavy (non-hydrogen) atoms. The van der Waals surface area contributed by atoms with Crippen molar-refractivity contribution in [2.24, 2.45) is 0 Å². The van der Waals surface area contributed by atoms with Gasteiger partial charge in [-0.2, -0.15) is 18.3 Å². The maximum Gasteiger partial charge on any atom is 0.431 e. The molecule has 0 unspecified atom stereocenters. The molecule has 112 valence electrons. The predicted molar refractivity (Wildman–Crippen MR) is 64.5 cm³/mol. The number of carbonyl (C=O) groups is 1. The molecular formula is C11H10F3N5O2. The standard InChI is InChI=1S/C11H10F3N5O2/c12-11(13,14)7-2-1-6(10(21)18-7)9(20)15-4-3-8-16-5-17-19-8/h1-2,5H,3-4H2,(H,15,20)(H,18,21)(H,16,17,19). The van der Waals surface area contributed by atoms with Gasteiger partial charge in [-0.3, -0.25) is 14.7 Å². The molecule has 0 bridgehead atoms. The van der Waals surface area contributed by atoms with E-state index < -0.39 is 23.3 Å². The quantitative estimate of drug-likeness (QED) is 0.764. The molecule has 0 aliphatic carbocycles. The molecule has 0 aliphatic rings. The van der Waals surface area contributed by atoms with Crippen molar-refractivity contribution in [2.75, 3.05) is 6.54 Å². The van der Waals surface area contributed by atoms with Crippen molar-refractivity contribution in [3.63, 3.8) is 0 Å². The topological polar surface area (TPSA) is 104 Å². The van der Waals surface area contributed by atoms with Crippen LogP contribution in [0.4, 0.5) is 13.2 Å². The Morgan fingerprint density at radius 1 is 1.33 bits per heavy atom. The van der Waals surface area contributed by atoms with E-state index in [2.05, 4.69) is 20.5 Å². The molecule has 1 amide bonds. The van der Waals surface area contributed by atoms with Crippen LogP contribution in [-0.2, 0) is 12.6 Å². The van der Waals surface area contributed by atoms with E-state index in [0.717, 1.165) is 6.07 Å². The van der Waals surface area contributed by atoms with Crippen LogP contribution in [0.1, 0.15) is 21.9 Å². The number of alkyl halides is 3. The van der Waals surface area contributed by atoms with Crippen molar-refractivity contribution in [1.29, 1.82) is 0 Å². The summed E-state index contributed by atoms with van der Waals surface area (Å²) in [5.74, 6) is -0.221. The number of nitrogens with zero attached hydrogens (tertiary/aromatic N) is 2. The van der Waals surface area contributed by atoms with E-state index in [-0.39, 0.29) is 12.1 Å². The average molecular weight is 301 g/mol. The molecule has 0 atom stereocenters. The summed E-state index contributed by atoms with van der Waals surface area (Å²) in [5.41, 5.74) is -2.69. The van der Waals surface area contributed by atoms with E-state index >= 15 is 0 Å². The number of amides is 1. The molecule has 0 fully saturated rings.